The van der Waals surface area contributed by atoms with Crippen molar-refractivity contribution >= 4 is 5.96 Å². The van der Waals surface area contributed by atoms with Crippen LogP contribution in [-0.2, 0) is 0 Å². The minimum atomic E-state index is 0.660. The average molecular weight is 264 g/mol. The monoisotopic (exact) mass is 264 g/mol. The lowest BCUT2D eigenvalue weighted by Gasteiger charge is -2.36. The van der Waals surface area contributed by atoms with Crippen LogP contribution in [0.3, 0.4) is 0 Å². The van der Waals surface area contributed by atoms with Crippen LogP contribution >= 0.6 is 0 Å². The predicted octanol–water partition coefficient (Wildman–Crippen LogP) is 1.71. The van der Waals surface area contributed by atoms with E-state index in [4.69, 9.17) is 5.73 Å². The molecule has 2 aliphatic carbocycles. The summed E-state index contributed by atoms with van der Waals surface area (Å²) in [4.78, 5) is 7.18. The van der Waals surface area contributed by atoms with E-state index in [9.17, 15) is 0 Å². The first-order chi connectivity index (χ1) is 9.33. The van der Waals surface area contributed by atoms with Gasteiger partial charge in [-0.3, -0.25) is 9.89 Å². The molecule has 108 valence electrons. The molecule has 0 amide bonds. The molecule has 0 bridgehead atoms. The Labute approximate surface area is 116 Å². The summed E-state index contributed by atoms with van der Waals surface area (Å²) in [5.41, 5.74) is 5.98. The summed E-state index contributed by atoms with van der Waals surface area (Å²) >= 11 is 0. The van der Waals surface area contributed by atoms with Crippen molar-refractivity contribution in [2.24, 2.45) is 16.6 Å². The lowest BCUT2D eigenvalue weighted by molar-refractivity contribution is 0.140. The van der Waals surface area contributed by atoms with Crippen molar-refractivity contribution in [3.05, 3.63) is 0 Å². The summed E-state index contributed by atoms with van der Waals surface area (Å²) < 4.78 is 0. The Morgan fingerprint density at radius 2 is 1.95 bits per heavy atom. The van der Waals surface area contributed by atoms with Crippen molar-refractivity contribution < 1.29 is 0 Å². The molecule has 0 aromatic heterocycles. The minimum Gasteiger partial charge on any atom is -0.370 e. The van der Waals surface area contributed by atoms with Gasteiger partial charge in [-0.15, -0.1) is 0 Å². The zero-order chi connectivity index (χ0) is 13.1. The molecular weight excluding hydrogens is 236 g/mol. The summed E-state index contributed by atoms with van der Waals surface area (Å²) in [5.74, 6) is 1.46. The van der Waals surface area contributed by atoms with Crippen LogP contribution in [0.2, 0.25) is 0 Å². The van der Waals surface area contributed by atoms with Gasteiger partial charge in [-0.2, -0.15) is 0 Å². The summed E-state index contributed by atoms with van der Waals surface area (Å²) in [7, 11) is 0. The maximum atomic E-state index is 5.98. The molecule has 4 nitrogen and oxygen atoms in total. The third-order valence-corrected chi connectivity index (χ3v) is 4.95. The van der Waals surface area contributed by atoms with Crippen molar-refractivity contribution in [3.8, 4) is 0 Å². The van der Waals surface area contributed by atoms with E-state index in [0.717, 1.165) is 25.0 Å². The molecule has 3 N–H and O–H groups in total. The van der Waals surface area contributed by atoms with Crippen LogP contribution in [0.15, 0.2) is 4.99 Å². The molecular formula is C15H28N4. The topological polar surface area (TPSA) is 53.6 Å². The van der Waals surface area contributed by atoms with E-state index in [1.54, 1.807) is 0 Å². The lowest BCUT2D eigenvalue weighted by Crippen LogP contribution is -2.49. The van der Waals surface area contributed by atoms with E-state index in [-0.39, 0.29) is 0 Å². The molecule has 2 saturated carbocycles. The van der Waals surface area contributed by atoms with Gasteiger partial charge in [-0.1, -0.05) is 12.8 Å². The first kappa shape index (κ1) is 13.2. The quantitative estimate of drug-likeness (QED) is 0.587. The van der Waals surface area contributed by atoms with Crippen LogP contribution in [0.1, 0.15) is 51.4 Å². The van der Waals surface area contributed by atoms with Gasteiger partial charge in [0, 0.05) is 25.2 Å². The van der Waals surface area contributed by atoms with Gasteiger partial charge < -0.3 is 11.1 Å². The molecule has 1 aliphatic heterocycles. The van der Waals surface area contributed by atoms with E-state index < -0.39 is 0 Å². The second kappa shape index (κ2) is 6.12. The largest absolute Gasteiger partial charge is 0.370 e. The molecule has 3 fully saturated rings. The zero-order valence-electron chi connectivity index (χ0n) is 12.0. The Kier molecular flexibility index (Phi) is 4.26. The number of nitrogens with one attached hydrogen (secondary N) is 1. The number of hydrogen-bond acceptors (Lipinski definition) is 2. The van der Waals surface area contributed by atoms with Crippen molar-refractivity contribution in [3.63, 3.8) is 0 Å². The number of rotatable bonds is 5. The van der Waals surface area contributed by atoms with Gasteiger partial charge in [0.25, 0.3) is 0 Å². The number of hydrogen-bond donors (Lipinski definition) is 2. The number of nitrogens with two attached hydrogens (primary N) is 1. The van der Waals surface area contributed by atoms with Crippen LogP contribution in [0.4, 0.5) is 0 Å². The third-order valence-electron chi connectivity index (χ3n) is 4.95. The van der Waals surface area contributed by atoms with Crippen LogP contribution < -0.4 is 11.1 Å². The third kappa shape index (κ3) is 3.62. The Morgan fingerprint density at radius 3 is 2.63 bits per heavy atom. The molecule has 0 aromatic rings. The molecule has 1 atom stereocenters. The van der Waals surface area contributed by atoms with Gasteiger partial charge in [-0.25, -0.2) is 0 Å². The summed E-state index contributed by atoms with van der Waals surface area (Å²) in [6.45, 7) is 3.20. The molecule has 4 heteroatoms. The Hall–Kier alpha value is -0.770. The van der Waals surface area contributed by atoms with Crippen molar-refractivity contribution in [2.45, 2.75) is 63.5 Å². The highest BCUT2D eigenvalue weighted by Crippen LogP contribution is 2.32. The van der Waals surface area contributed by atoms with Crippen molar-refractivity contribution in [1.29, 1.82) is 0 Å². The van der Waals surface area contributed by atoms with Gasteiger partial charge >= 0.3 is 0 Å². The maximum Gasteiger partial charge on any atom is 0.188 e. The highest BCUT2D eigenvalue weighted by molar-refractivity contribution is 5.77. The van der Waals surface area contributed by atoms with Gasteiger partial charge in [-0.05, 0) is 51.0 Å². The second-order valence-electron chi connectivity index (χ2n) is 6.52. The highest BCUT2D eigenvalue weighted by atomic mass is 15.2. The van der Waals surface area contributed by atoms with E-state index in [1.807, 2.05) is 0 Å². The minimum absolute atomic E-state index is 0.660. The lowest BCUT2D eigenvalue weighted by atomic mass is 9.86. The fraction of sp³-hybridized carbons (Fsp3) is 0.933. The second-order valence-corrected chi connectivity index (χ2v) is 6.52. The van der Waals surface area contributed by atoms with E-state index in [2.05, 4.69) is 15.2 Å². The fourth-order valence-electron chi connectivity index (χ4n) is 3.31. The van der Waals surface area contributed by atoms with Crippen molar-refractivity contribution in [2.75, 3.05) is 19.6 Å². The first-order valence-corrected chi connectivity index (χ1v) is 8.12. The molecule has 0 aromatic carbocycles. The Morgan fingerprint density at radius 1 is 1.11 bits per heavy atom. The number of aliphatic imine (C=N–C) groups is 1. The average Bonchev–Trinajstić information content (AvgIpc) is 3.19. The smallest absolute Gasteiger partial charge is 0.188 e. The molecule has 1 heterocycles. The van der Waals surface area contributed by atoms with Gasteiger partial charge in [0.1, 0.15) is 0 Å². The number of piperidine rings is 1. The summed E-state index contributed by atoms with van der Waals surface area (Å²) in [6.07, 6.45) is 10.9. The Balaban J connectivity index is 1.41. The predicted molar refractivity (Wildman–Crippen MR) is 79.2 cm³/mol. The normalized spacial score (nSPS) is 30.1. The van der Waals surface area contributed by atoms with Crippen molar-refractivity contribution in [1.82, 2.24) is 10.2 Å². The standard InChI is InChI=1S/C15H28N4/c16-15(17-10-12-4-3-5-12)18-11-14-6-1-2-9-19(14)13-7-8-13/h12-14H,1-11H2,(H3,16,17,18). The van der Waals surface area contributed by atoms with Crippen LogP contribution in [0.25, 0.3) is 0 Å². The molecule has 19 heavy (non-hydrogen) atoms. The maximum absolute atomic E-state index is 5.98. The molecule has 1 saturated heterocycles. The van der Waals surface area contributed by atoms with Crippen LogP contribution in [0, 0.1) is 5.92 Å². The first-order valence-electron chi connectivity index (χ1n) is 8.12. The van der Waals surface area contributed by atoms with Gasteiger partial charge in [0.2, 0.25) is 0 Å². The number of likely N-dealkylation sites (tertiary alicyclic amines) is 1. The van der Waals surface area contributed by atoms with E-state index in [0.29, 0.717) is 12.0 Å². The SMILES string of the molecule is NC(=NCC1CCC1)NCC1CCCCN1C1CC1. The highest BCUT2D eigenvalue weighted by Gasteiger charge is 2.34. The van der Waals surface area contributed by atoms with Gasteiger partial charge in [0.15, 0.2) is 5.96 Å². The molecule has 1 unspecified atom stereocenters. The van der Waals surface area contributed by atoms with E-state index in [1.165, 1.54) is 57.9 Å². The molecule has 3 aliphatic rings. The molecule has 3 rings (SSSR count). The summed E-state index contributed by atoms with van der Waals surface area (Å²) in [6, 6.07) is 1.55. The molecule has 0 spiro atoms. The number of nitrogens with zero attached hydrogens (tertiary/aromatic N) is 2. The van der Waals surface area contributed by atoms with Crippen LogP contribution in [0.5, 0.6) is 0 Å². The summed E-state index contributed by atoms with van der Waals surface area (Å²) in [5, 5.41) is 3.35. The Bertz CT molecular complexity index is 320. The zero-order valence-corrected chi connectivity index (χ0v) is 12.0. The number of guanidine groups is 1. The molecule has 0 radical (unpaired) electrons. The van der Waals surface area contributed by atoms with Gasteiger partial charge in [0.05, 0.1) is 0 Å². The van der Waals surface area contributed by atoms with E-state index >= 15 is 0 Å². The fourth-order valence-corrected chi connectivity index (χ4v) is 3.31. The van der Waals surface area contributed by atoms with Crippen LogP contribution in [-0.4, -0.2) is 42.6 Å².